The first kappa shape index (κ1) is 20.8. The SMILES string of the molecule is CCOc1ccc([C@H](C)NC(=O)CCc2c(C)nc3c4ccccc4nn3c2C)cc1. The van der Waals surface area contributed by atoms with E-state index in [9.17, 15) is 4.79 Å². The second-order valence-electron chi connectivity index (χ2n) is 7.80. The molecule has 160 valence electrons. The fourth-order valence-electron chi connectivity index (χ4n) is 3.99. The molecule has 2 heterocycles. The van der Waals surface area contributed by atoms with Gasteiger partial charge < -0.3 is 10.1 Å². The molecule has 0 aliphatic heterocycles. The van der Waals surface area contributed by atoms with Gasteiger partial charge in [-0.15, -0.1) is 0 Å². The number of hydrogen-bond acceptors (Lipinski definition) is 4. The highest BCUT2D eigenvalue weighted by atomic mass is 16.5. The number of ether oxygens (including phenoxy) is 1. The van der Waals surface area contributed by atoms with Crippen LogP contribution in [-0.4, -0.2) is 27.1 Å². The van der Waals surface area contributed by atoms with Crippen molar-refractivity contribution in [3.8, 4) is 5.75 Å². The zero-order chi connectivity index (χ0) is 22.0. The van der Waals surface area contributed by atoms with E-state index in [0.717, 1.165) is 44.8 Å². The van der Waals surface area contributed by atoms with Crippen LogP contribution in [0.2, 0.25) is 0 Å². The van der Waals surface area contributed by atoms with Crippen LogP contribution in [0.3, 0.4) is 0 Å². The van der Waals surface area contributed by atoms with Crippen LogP contribution in [0.5, 0.6) is 5.75 Å². The number of aryl methyl sites for hydroxylation is 2. The van der Waals surface area contributed by atoms with Gasteiger partial charge in [-0.25, -0.2) is 9.50 Å². The monoisotopic (exact) mass is 416 g/mol. The number of rotatable bonds is 7. The number of nitrogens with one attached hydrogen (secondary N) is 1. The normalized spacial score (nSPS) is 12.3. The molecular weight excluding hydrogens is 388 g/mol. The molecule has 6 heteroatoms. The third-order valence-corrected chi connectivity index (χ3v) is 5.69. The highest BCUT2D eigenvalue weighted by Crippen LogP contribution is 2.23. The first-order valence-corrected chi connectivity index (χ1v) is 10.7. The molecule has 0 aliphatic carbocycles. The van der Waals surface area contributed by atoms with E-state index < -0.39 is 0 Å². The van der Waals surface area contributed by atoms with Gasteiger partial charge in [-0.3, -0.25) is 4.79 Å². The Morgan fingerprint density at radius 2 is 1.87 bits per heavy atom. The van der Waals surface area contributed by atoms with Crippen molar-refractivity contribution in [2.24, 2.45) is 0 Å². The molecule has 0 saturated heterocycles. The van der Waals surface area contributed by atoms with Crippen LogP contribution in [-0.2, 0) is 11.2 Å². The van der Waals surface area contributed by atoms with E-state index in [1.165, 1.54) is 0 Å². The topological polar surface area (TPSA) is 68.5 Å². The van der Waals surface area contributed by atoms with Crippen molar-refractivity contribution in [2.45, 2.75) is 46.6 Å². The molecule has 1 N–H and O–H groups in total. The van der Waals surface area contributed by atoms with Gasteiger partial charge in [0.15, 0.2) is 5.65 Å². The summed E-state index contributed by atoms with van der Waals surface area (Å²) in [6.45, 7) is 8.64. The second kappa shape index (κ2) is 8.76. The molecule has 0 fully saturated rings. The smallest absolute Gasteiger partial charge is 0.220 e. The van der Waals surface area contributed by atoms with Crippen molar-refractivity contribution in [3.63, 3.8) is 0 Å². The molecule has 1 amide bonds. The molecular formula is C25H28N4O2. The Labute approximate surface area is 182 Å². The van der Waals surface area contributed by atoms with Crippen molar-refractivity contribution in [3.05, 3.63) is 71.0 Å². The summed E-state index contributed by atoms with van der Waals surface area (Å²) in [7, 11) is 0. The number of fused-ring (bicyclic) bond motifs is 3. The average molecular weight is 417 g/mol. The molecule has 0 saturated carbocycles. The maximum atomic E-state index is 12.6. The van der Waals surface area contributed by atoms with Crippen LogP contribution in [0.4, 0.5) is 0 Å². The highest BCUT2D eigenvalue weighted by Gasteiger charge is 2.16. The summed E-state index contributed by atoms with van der Waals surface area (Å²) in [5.41, 5.74) is 5.90. The first-order valence-electron chi connectivity index (χ1n) is 10.7. The Bertz CT molecular complexity index is 1230. The van der Waals surface area contributed by atoms with Gasteiger partial charge in [-0.2, -0.15) is 5.10 Å². The molecule has 0 bridgehead atoms. The maximum Gasteiger partial charge on any atom is 0.220 e. The predicted molar refractivity (Wildman–Crippen MR) is 122 cm³/mol. The van der Waals surface area contributed by atoms with Gasteiger partial charge in [0.1, 0.15) is 5.75 Å². The number of benzene rings is 2. The fraction of sp³-hybridized carbons (Fsp3) is 0.320. The van der Waals surface area contributed by atoms with E-state index in [1.54, 1.807) is 0 Å². The molecule has 0 aliphatic rings. The van der Waals surface area contributed by atoms with Gasteiger partial charge in [-0.1, -0.05) is 24.3 Å². The number of carbonyl (C=O) groups is 1. The summed E-state index contributed by atoms with van der Waals surface area (Å²) in [6.07, 6.45) is 1.02. The molecule has 0 spiro atoms. The highest BCUT2D eigenvalue weighted by molar-refractivity contribution is 5.92. The van der Waals surface area contributed by atoms with Gasteiger partial charge in [0.25, 0.3) is 0 Å². The van der Waals surface area contributed by atoms with Gasteiger partial charge >= 0.3 is 0 Å². The van der Waals surface area contributed by atoms with E-state index in [2.05, 4.69) is 5.32 Å². The van der Waals surface area contributed by atoms with E-state index in [1.807, 2.05) is 80.7 Å². The summed E-state index contributed by atoms with van der Waals surface area (Å²) in [6, 6.07) is 15.8. The van der Waals surface area contributed by atoms with Crippen LogP contribution in [0.25, 0.3) is 16.6 Å². The van der Waals surface area contributed by atoms with Gasteiger partial charge in [0, 0.05) is 23.2 Å². The van der Waals surface area contributed by atoms with Gasteiger partial charge in [0.05, 0.1) is 18.2 Å². The largest absolute Gasteiger partial charge is 0.494 e. The molecule has 2 aromatic heterocycles. The minimum atomic E-state index is -0.0672. The summed E-state index contributed by atoms with van der Waals surface area (Å²) >= 11 is 0. The van der Waals surface area contributed by atoms with E-state index in [4.69, 9.17) is 14.8 Å². The van der Waals surface area contributed by atoms with Crippen molar-refractivity contribution in [1.82, 2.24) is 19.9 Å². The Balaban J connectivity index is 1.45. The molecule has 4 rings (SSSR count). The summed E-state index contributed by atoms with van der Waals surface area (Å²) in [5.74, 6) is 0.857. The first-order chi connectivity index (χ1) is 15.0. The van der Waals surface area contributed by atoms with Crippen molar-refractivity contribution < 1.29 is 9.53 Å². The molecule has 2 aromatic carbocycles. The lowest BCUT2D eigenvalue weighted by atomic mass is 10.0. The Morgan fingerprint density at radius 1 is 1.13 bits per heavy atom. The average Bonchev–Trinajstić information content (AvgIpc) is 3.13. The molecule has 6 nitrogen and oxygen atoms in total. The van der Waals surface area contributed by atoms with Crippen LogP contribution >= 0.6 is 0 Å². The summed E-state index contributed by atoms with van der Waals surface area (Å²) in [5, 5.41) is 8.83. The quantitative estimate of drug-likeness (QED) is 0.474. The van der Waals surface area contributed by atoms with Gasteiger partial charge in [0.2, 0.25) is 5.91 Å². The molecule has 0 radical (unpaired) electrons. The number of amides is 1. The number of aromatic nitrogens is 3. The lowest BCUT2D eigenvalue weighted by Gasteiger charge is -2.16. The van der Waals surface area contributed by atoms with Crippen molar-refractivity contribution >= 4 is 22.5 Å². The van der Waals surface area contributed by atoms with Crippen LogP contribution in [0.15, 0.2) is 48.5 Å². The maximum absolute atomic E-state index is 12.6. The van der Waals surface area contributed by atoms with E-state index in [0.29, 0.717) is 19.4 Å². The number of nitrogens with zero attached hydrogens (tertiary/aromatic N) is 3. The van der Waals surface area contributed by atoms with Crippen molar-refractivity contribution in [1.29, 1.82) is 0 Å². The minimum absolute atomic E-state index is 0.0194. The zero-order valence-electron chi connectivity index (χ0n) is 18.5. The Kier molecular flexibility index (Phi) is 5.89. The zero-order valence-corrected chi connectivity index (χ0v) is 18.5. The lowest BCUT2D eigenvalue weighted by molar-refractivity contribution is -0.121. The number of hydrogen-bond donors (Lipinski definition) is 1. The number of carbonyl (C=O) groups excluding carboxylic acids is 1. The minimum Gasteiger partial charge on any atom is -0.494 e. The standard InChI is InChI=1S/C25H28N4O2/c1-5-31-20-12-10-19(11-13-20)16(2)26-24(30)15-14-21-17(3)27-25-22-8-6-7-9-23(22)28-29(25)18(21)4/h6-13,16H,5,14-15H2,1-4H3,(H,26,30)/t16-/m0/s1. The third-order valence-electron chi connectivity index (χ3n) is 5.69. The van der Waals surface area contributed by atoms with Crippen LogP contribution in [0.1, 0.15) is 48.8 Å². The molecule has 1 atom stereocenters. The predicted octanol–water partition coefficient (Wildman–Crippen LogP) is 4.71. The second-order valence-corrected chi connectivity index (χ2v) is 7.80. The molecule has 0 unspecified atom stereocenters. The van der Waals surface area contributed by atoms with Crippen LogP contribution < -0.4 is 10.1 Å². The third kappa shape index (κ3) is 4.24. The van der Waals surface area contributed by atoms with Crippen molar-refractivity contribution in [2.75, 3.05) is 6.61 Å². The van der Waals surface area contributed by atoms with E-state index >= 15 is 0 Å². The fourth-order valence-corrected chi connectivity index (χ4v) is 3.99. The van der Waals surface area contributed by atoms with Crippen LogP contribution in [0, 0.1) is 13.8 Å². The van der Waals surface area contributed by atoms with E-state index in [-0.39, 0.29) is 11.9 Å². The summed E-state index contributed by atoms with van der Waals surface area (Å²) in [4.78, 5) is 17.4. The summed E-state index contributed by atoms with van der Waals surface area (Å²) < 4.78 is 7.38. The Hall–Kier alpha value is -3.41. The lowest BCUT2D eigenvalue weighted by Crippen LogP contribution is -2.27. The molecule has 31 heavy (non-hydrogen) atoms. The molecule has 4 aromatic rings. The Morgan fingerprint density at radius 3 is 2.61 bits per heavy atom. The van der Waals surface area contributed by atoms with Gasteiger partial charge in [-0.05, 0) is 69.5 Å².